The van der Waals surface area contributed by atoms with Crippen LogP contribution >= 0.6 is 22.9 Å². The van der Waals surface area contributed by atoms with E-state index in [2.05, 4.69) is 5.32 Å². The molecular weight excluding hydrogens is 412 g/mol. The van der Waals surface area contributed by atoms with Crippen molar-refractivity contribution >= 4 is 38.9 Å². The first-order valence-corrected chi connectivity index (χ1v) is 10.8. The number of nitrogens with zero attached hydrogens (tertiary/aromatic N) is 1. The number of nitrogens with one attached hydrogen (secondary N) is 1. The van der Waals surface area contributed by atoms with Crippen LogP contribution in [0.4, 0.5) is 0 Å². The van der Waals surface area contributed by atoms with Crippen molar-refractivity contribution in [3.8, 4) is 5.75 Å². The molecule has 1 saturated heterocycles. The van der Waals surface area contributed by atoms with E-state index >= 15 is 0 Å². The molecule has 0 unspecified atom stereocenters. The third-order valence-electron chi connectivity index (χ3n) is 4.03. The van der Waals surface area contributed by atoms with Crippen LogP contribution in [0.2, 0.25) is 5.02 Å². The van der Waals surface area contributed by atoms with E-state index in [4.69, 9.17) is 21.1 Å². The van der Waals surface area contributed by atoms with E-state index in [1.807, 2.05) is 0 Å². The second-order valence-corrected chi connectivity index (χ2v) is 9.53. The molecule has 0 aliphatic carbocycles. The summed E-state index contributed by atoms with van der Waals surface area (Å²) in [4.78, 5) is 13.1. The molecule has 0 saturated carbocycles. The molecule has 146 valence electrons. The molecule has 1 aliphatic heterocycles. The Morgan fingerprint density at radius 3 is 2.74 bits per heavy atom. The number of rotatable bonds is 6. The topological polar surface area (TPSA) is 84.9 Å². The predicted octanol–water partition coefficient (Wildman–Crippen LogP) is 2.36. The van der Waals surface area contributed by atoms with Crippen LogP contribution in [0.5, 0.6) is 5.75 Å². The Hall–Kier alpha value is -1.65. The van der Waals surface area contributed by atoms with E-state index in [1.165, 1.54) is 17.5 Å². The van der Waals surface area contributed by atoms with Gasteiger partial charge in [-0.2, -0.15) is 4.31 Å². The van der Waals surface area contributed by atoms with Crippen molar-refractivity contribution in [3.63, 3.8) is 0 Å². The Bertz CT molecular complexity index is 923. The number of carbonyl (C=O) groups is 1. The lowest BCUT2D eigenvalue weighted by Crippen LogP contribution is -2.40. The lowest BCUT2D eigenvalue weighted by molar-refractivity contribution is 0.0731. The Morgan fingerprint density at radius 1 is 1.30 bits per heavy atom. The van der Waals surface area contributed by atoms with Gasteiger partial charge in [-0.15, -0.1) is 11.3 Å². The molecule has 1 amide bonds. The predicted molar refractivity (Wildman–Crippen MR) is 103 cm³/mol. The summed E-state index contributed by atoms with van der Waals surface area (Å²) >= 11 is 7.09. The maximum absolute atomic E-state index is 12.6. The first-order valence-electron chi connectivity index (χ1n) is 8.20. The minimum atomic E-state index is -3.53. The van der Waals surface area contributed by atoms with Gasteiger partial charge in [-0.25, -0.2) is 8.42 Å². The molecule has 2 aromatic rings. The maximum atomic E-state index is 12.6. The summed E-state index contributed by atoms with van der Waals surface area (Å²) in [5, 5.41) is 3.19. The summed E-state index contributed by atoms with van der Waals surface area (Å²) in [5.74, 6) is 0.0685. The van der Waals surface area contributed by atoms with E-state index in [9.17, 15) is 13.2 Å². The molecule has 0 radical (unpaired) electrons. The lowest BCUT2D eigenvalue weighted by atomic mass is 10.2. The van der Waals surface area contributed by atoms with Crippen molar-refractivity contribution in [2.75, 3.05) is 33.4 Å². The number of methoxy groups -OCH3 is 1. The first kappa shape index (κ1) is 20.1. The van der Waals surface area contributed by atoms with Gasteiger partial charge >= 0.3 is 0 Å². The van der Waals surface area contributed by atoms with Crippen LogP contribution in [0, 0.1) is 0 Å². The highest BCUT2D eigenvalue weighted by Crippen LogP contribution is 2.26. The third-order valence-corrected chi connectivity index (χ3v) is 7.72. The molecule has 7 nitrogen and oxygen atoms in total. The van der Waals surface area contributed by atoms with Gasteiger partial charge in [0.05, 0.1) is 32.4 Å². The minimum absolute atomic E-state index is 0.206. The van der Waals surface area contributed by atoms with Crippen LogP contribution in [0.3, 0.4) is 0 Å². The molecule has 2 heterocycles. The Morgan fingerprint density at radius 2 is 2.04 bits per heavy atom. The number of halogens is 1. The quantitative estimate of drug-likeness (QED) is 0.760. The number of hydrogen-bond acceptors (Lipinski definition) is 6. The summed E-state index contributed by atoms with van der Waals surface area (Å²) in [5.41, 5.74) is 0.322. The molecule has 0 atom stereocenters. The summed E-state index contributed by atoms with van der Waals surface area (Å²) in [6, 6.07) is 8.05. The fourth-order valence-electron chi connectivity index (χ4n) is 2.63. The molecule has 0 bridgehead atoms. The number of thiophene rings is 1. The molecule has 1 fully saturated rings. The van der Waals surface area contributed by atoms with Gasteiger partial charge in [0.25, 0.3) is 15.9 Å². The van der Waals surface area contributed by atoms with Crippen molar-refractivity contribution in [3.05, 3.63) is 45.8 Å². The van der Waals surface area contributed by atoms with E-state index in [-0.39, 0.29) is 16.7 Å². The standard InChI is InChI=1S/C17H19ClN2O5S2/c1-24-15-4-2-12(18)10-14(15)17(21)19-11-13-3-5-16(26-13)27(22,23)20-6-8-25-9-7-20/h2-5,10H,6-9,11H2,1H3,(H,19,21). The average Bonchev–Trinajstić information content (AvgIpc) is 3.16. The molecule has 10 heteroatoms. The van der Waals surface area contributed by atoms with Gasteiger partial charge in [0, 0.05) is 23.0 Å². The Labute approximate surface area is 166 Å². The van der Waals surface area contributed by atoms with Crippen molar-refractivity contribution in [1.29, 1.82) is 0 Å². The van der Waals surface area contributed by atoms with E-state index in [0.717, 1.165) is 16.2 Å². The summed E-state index contributed by atoms with van der Waals surface area (Å²) in [6.07, 6.45) is 0. The van der Waals surface area contributed by atoms with Crippen molar-refractivity contribution in [1.82, 2.24) is 9.62 Å². The molecular formula is C17H19ClN2O5S2. The van der Waals surface area contributed by atoms with Crippen LogP contribution in [-0.4, -0.2) is 52.0 Å². The van der Waals surface area contributed by atoms with E-state index in [1.54, 1.807) is 24.3 Å². The average molecular weight is 431 g/mol. The normalized spacial score (nSPS) is 15.5. The zero-order chi connectivity index (χ0) is 19.4. The number of sulfonamides is 1. The largest absolute Gasteiger partial charge is 0.496 e. The number of morpholine rings is 1. The zero-order valence-electron chi connectivity index (χ0n) is 14.6. The smallest absolute Gasteiger partial charge is 0.255 e. The highest BCUT2D eigenvalue weighted by Gasteiger charge is 2.27. The molecule has 27 heavy (non-hydrogen) atoms. The molecule has 1 aromatic heterocycles. The molecule has 0 spiro atoms. The highest BCUT2D eigenvalue weighted by atomic mass is 35.5. The minimum Gasteiger partial charge on any atom is -0.496 e. The van der Waals surface area contributed by atoms with Gasteiger partial charge in [-0.3, -0.25) is 4.79 Å². The Balaban J connectivity index is 1.68. The number of benzene rings is 1. The van der Waals surface area contributed by atoms with Crippen LogP contribution in [0.25, 0.3) is 0 Å². The van der Waals surface area contributed by atoms with Gasteiger partial charge < -0.3 is 14.8 Å². The molecule has 1 N–H and O–H groups in total. The monoisotopic (exact) mass is 430 g/mol. The van der Waals surface area contributed by atoms with Gasteiger partial charge in [0.15, 0.2) is 0 Å². The second-order valence-electron chi connectivity index (χ2n) is 5.76. The van der Waals surface area contributed by atoms with Gasteiger partial charge in [0.2, 0.25) is 0 Å². The van der Waals surface area contributed by atoms with Crippen molar-refractivity contribution in [2.45, 2.75) is 10.8 Å². The van der Waals surface area contributed by atoms with Crippen LogP contribution in [0.1, 0.15) is 15.2 Å². The number of hydrogen-bond donors (Lipinski definition) is 1. The lowest BCUT2D eigenvalue weighted by Gasteiger charge is -2.25. The first-order chi connectivity index (χ1) is 12.9. The summed E-state index contributed by atoms with van der Waals surface area (Å²) in [6.45, 7) is 1.70. The SMILES string of the molecule is COc1ccc(Cl)cc1C(=O)NCc1ccc(S(=O)(=O)N2CCOCC2)s1. The van der Waals surface area contributed by atoms with Gasteiger partial charge in [-0.05, 0) is 30.3 Å². The zero-order valence-corrected chi connectivity index (χ0v) is 17.0. The number of carbonyl (C=O) groups excluding carboxylic acids is 1. The fourth-order valence-corrected chi connectivity index (χ4v) is 5.66. The van der Waals surface area contributed by atoms with E-state index in [0.29, 0.717) is 42.6 Å². The Kier molecular flexibility index (Phi) is 6.38. The second kappa shape index (κ2) is 8.57. The van der Waals surface area contributed by atoms with Crippen molar-refractivity contribution in [2.24, 2.45) is 0 Å². The van der Waals surface area contributed by atoms with Gasteiger partial charge in [-0.1, -0.05) is 11.6 Å². The van der Waals surface area contributed by atoms with E-state index < -0.39 is 10.0 Å². The van der Waals surface area contributed by atoms with Crippen molar-refractivity contribution < 1.29 is 22.7 Å². The molecule has 3 rings (SSSR count). The number of ether oxygens (including phenoxy) is 2. The van der Waals surface area contributed by atoms with Crippen LogP contribution in [-0.2, 0) is 21.3 Å². The molecule has 1 aromatic carbocycles. The van der Waals surface area contributed by atoms with Gasteiger partial charge in [0.1, 0.15) is 9.96 Å². The number of amides is 1. The van der Waals surface area contributed by atoms with Crippen LogP contribution < -0.4 is 10.1 Å². The molecule has 1 aliphatic rings. The maximum Gasteiger partial charge on any atom is 0.255 e. The summed E-state index contributed by atoms with van der Waals surface area (Å²) in [7, 11) is -2.05. The summed E-state index contributed by atoms with van der Waals surface area (Å²) < 4.78 is 37.3. The highest BCUT2D eigenvalue weighted by molar-refractivity contribution is 7.91. The van der Waals surface area contributed by atoms with Crippen LogP contribution in [0.15, 0.2) is 34.5 Å². The third kappa shape index (κ3) is 4.61. The fraction of sp³-hybridized carbons (Fsp3) is 0.353.